The molecule has 1 amide bonds. The average molecular weight is 356 g/mol. The molecule has 1 heterocycles. The summed E-state index contributed by atoms with van der Waals surface area (Å²) in [4.78, 5) is 25.3. The molecule has 1 aromatic heterocycles. The Morgan fingerprint density at radius 1 is 1.00 bits per heavy atom. The van der Waals surface area contributed by atoms with E-state index in [0.29, 0.717) is 18.5 Å². The van der Waals surface area contributed by atoms with Gasteiger partial charge in [-0.05, 0) is 18.1 Å². The maximum Gasteiger partial charge on any atom is 0.240 e. The molecular formula is C23H20N2O2. The number of allylic oxidation sites excluding steroid dienone is 4. The number of carbonyl (C=O) groups is 2. The van der Waals surface area contributed by atoms with Crippen LogP contribution >= 0.6 is 0 Å². The van der Waals surface area contributed by atoms with Crippen molar-refractivity contribution in [2.45, 2.75) is 19.5 Å². The Hall–Kier alpha value is -3.40. The zero-order valence-corrected chi connectivity index (χ0v) is 14.9. The van der Waals surface area contributed by atoms with E-state index < -0.39 is 0 Å². The van der Waals surface area contributed by atoms with E-state index in [1.165, 1.54) is 0 Å². The number of nitrogens with zero attached hydrogens (tertiary/aromatic N) is 1. The smallest absolute Gasteiger partial charge is 0.240 e. The van der Waals surface area contributed by atoms with E-state index in [2.05, 4.69) is 5.32 Å². The predicted molar refractivity (Wildman–Crippen MR) is 106 cm³/mol. The summed E-state index contributed by atoms with van der Waals surface area (Å²) < 4.78 is 1.85. The van der Waals surface area contributed by atoms with E-state index in [-0.39, 0.29) is 18.2 Å². The van der Waals surface area contributed by atoms with E-state index in [0.717, 1.165) is 22.0 Å². The fourth-order valence-electron chi connectivity index (χ4n) is 3.35. The van der Waals surface area contributed by atoms with Crippen molar-refractivity contribution in [3.63, 3.8) is 0 Å². The molecule has 0 unspecified atom stereocenters. The van der Waals surface area contributed by atoms with E-state index in [9.17, 15) is 9.59 Å². The number of hydrogen-bond acceptors (Lipinski definition) is 2. The van der Waals surface area contributed by atoms with Crippen LogP contribution in [0.25, 0.3) is 10.9 Å². The number of nitrogens with one attached hydrogen (secondary N) is 1. The number of ketones is 1. The van der Waals surface area contributed by atoms with Crippen molar-refractivity contribution in [1.82, 2.24) is 9.88 Å². The predicted octanol–water partition coefficient (Wildman–Crippen LogP) is 4.03. The molecule has 0 bridgehead atoms. The second-order valence-electron chi connectivity index (χ2n) is 6.60. The molecule has 27 heavy (non-hydrogen) atoms. The third-order valence-electron chi connectivity index (χ3n) is 4.74. The van der Waals surface area contributed by atoms with Gasteiger partial charge in [0.25, 0.3) is 0 Å². The summed E-state index contributed by atoms with van der Waals surface area (Å²) in [6, 6.07) is 17.5. The van der Waals surface area contributed by atoms with Gasteiger partial charge in [0.05, 0.1) is 0 Å². The van der Waals surface area contributed by atoms with Gasteiger partial charge in [0.15, 0.2) is 5.78 Å². The molecule has 0 spiro atoms. The summed E-state index contributed by atoms with van der Waals surface area (Å²) >= 11 is 0. The molecule has 0 saturated heterocycles. The van der Waals surface area contributed by atoms with Crippen LogP contribution in [0.15, 0.2) is 84.6 Å². The molecule has 4 rings (SSSR count). The summed E-state index contributed by atoms with van der Waals surface area (Å²) in [7, 11) is 0. The number of amides is 1. The molecule has 1 aliphatic carbocycles. The molecule has 1 N–H and O–H groups in total. The quantitative estimate of drug-likeness (QED) is 0.678. The lowest BCUT2D eigenvalue weighted by molar-refractivity contribution is -0.121. The number of Topliss-reactive ketones (excluding diaryl/α,β-unsaturated/α-hetero) is 1. The van der Waals surface area contributed by atoms with Crippen LogP contribution in [0.1, 0.15) is 22.3 Å². The van der Waals surface area contributed by atoms with Gasteiger partial charge in [-0.1, -0.05) is 66.8 Å². The Morgan fingerprint density at radius 2 is 1.78 bits per heavy atom. The van der Waals surface area contributed by atoms with Crippen molar-refractivity contribution >= 4 is 22.6 Å². The van der Waals surface area contributed by atoms with Crippen molar-refractivity contribution in [2.75, 3.05) is 0 Å². The SMILES string of the molecule is O=C(Cn1cc(C(=O)C2=CC=CC2)c2ccccc21)NCc1ccccc1. The highest BCUT2D eigenvalue weighted by atomic mass is 16.2. The summed E-state index contributed by atoms with van der Waals surface area (Å²) in [5.74, 6) is -0.0556. The molecule has 0 saturated carbocycles. The molecule has 0 atom stereocenters. The number of carbonyl (C=O) groups excluding carboxylic acids is 2. The Labute approximate surface area is 157 Å². The van der Waals surface area contributed by atoms with Crippen molar-refractivity contribution in [3.8, 4) is 0 Å². The first-order chi connectivity index (χ1) is 13.2. The van der Waals surface area contributed by atoms with Gasteiger partial charge in [-0.25, -0.2) is 0 Å². The van der Waals surface area contributed by atoms with Gasteiger partial charge in [0.1, 0.15) is 6.54 Å². The second-order valence-corrected chi connectivity index (χ2v) is 6.60. The number of para-hydroxylation sites is 1. The monoisotopic (exact) mass is 356 g/mol. The third-order valence-corrected chi connectivity index (χ3v) is 4.74. The summed E-state index contributed by atoms with van der Waals surface area (Å²) in [5, 5.41) is 3.82. The summed E-state index contributed by atoms with van der Waals surface area (Å²) in [5.41, 5.74) is 3.38. The maximum absolute atomic E-state index is 12.8. The first kappa shape index (κ1) is 17.0. The number of rotatable bonds is 6. The fourth-order valence-corrected chi connectivity index (χ4v) is 3.35. The van der Waals surface area contributed by atoms with Crippen LogP contribution in [0.5, 0.6) is 0 Å². The van der Waals surface area contributed by atoms with Crippen LogP contribution < -0.4 is 5.32 Å². The Balaban J connectivity index is 1.55. The fraction of sp³-hybridized carbons (Fsp3) is 0.130. The lowest BCUT2D eigenvalue weighted by atomic mass is 10.0. The normalized spacial score (nSPS) is 13.0. The lowest BCUT2D eigenvalue weighted by Crippen LogP contribution is -2.26. The molecule has 0 aliphatic heterocycles. The summed E-state index contributed by atoms with van der Waals surface area (Å²) in [6.07, 6.45) is 8.21. The second kappa shape index (κ2) is 7.46. The van der Waals surface area contributed by atoms with Gasteiger partial charge in [0, 0.05) is 34.8 Å². The highest BCUT2D eigenvalue weighted by Crippen LogP contribution is 2.26. The average Bonchev–Trinajstić information content (AvgIpc) is 3.36. The van der Waals surface area contributed by atoms with Crippen LogP contribution in [0, 0.1) is 0 Å². The standard InChI is InChI=1S/C23H20N2O2/c26-22(24-14-17-8-2-1-3-9-17)16-25-15-20(19-12-6-7-13-21(19)25)23(27)18-10-4-5-11-18/h1-10,12-13,15H,11,14,16H2,(H,24,26). The van der Waals surface area contributed by atoms with Crippen LogP contribution in [-0.2, 0) is 17.9 Å². The minimum absolute atomic E-state index is 0.0274. The zero-order chi connectivity index (χ0) is 18.6. The molecule has 0 fully saturated rings. The van der Waals surface area contributed by atoms with Gasteiger partial charge < -0.3 is 9.88 Å². The maximum atomic E-state index is 12.8. The van der Waals surface area contributed by atoms with E-state index >= 15 is 0 Å². The van der Waals surface area contributed by atoms with Crippen LogP contribution in [0.2, 0.25) is 0 Å². The van der Waals surface area contributed by atoms with Crippen LogP contribution in [0.4, 0.5) is 0 Å². The van der Waals surface area contributed by atoms with Crippen molar-refractivity contribution in [2.24, 2.45) is 0 Å². The molecule has 2 aromatic carbocycles. The minimum atomic E-state index is -0.0830. The van der Waals surface area contributed by atoms with E-state index in [4.69, 9.17) is 0 Å². The van der Waals surface area contributed by atoms with Gasteiger partial charge in [-0.3, -0.25) is 9.59 Å². The Morgan fingerprint density at radius 3 is 2.56 bits per heavy atom. The first-order valence-electron chi connectivity index (χ1n) is 9.01. The molecular weight excluding hydrogens is 336 g/mol. The number of fused-ring (bicyclic) bond motifs is 1. The Bertz CT molecular complexity index is 1060. The number of hydrogen-bond donors (Lipinski definition) is 1. The highest BCUT2D eigenvalue weighted by Gasteiger charge is 2.19. The van der Waals surface area contributed by atoms with E-state index in [1.54, 1.807) is 6.20 Å². The van der Waals surface area contributed by atoms with Crippen LogP contribution in [-0.4, -0.2) is 16.3 Å². The molecule has 1 aliphatic rings. The van der Waals surface area contributed by atoms with Crippen molar-refractivity contribution in [1.29, 1.82) is 0 Å². The van der Waals surface area contributed by atoms with Crippen molar-refractivity contribution in [3.05, 3.63) is 95.7 Å². The van der Waals surface area contributed by atoms with Gasteiger partial charge >= 0.3 is 0 Å². The topological polar surface area (TPSA) is 51.1 Å². The molecule has 0 radical (unpaired) electrons. The number of benzene rings is 2. The summed E-state index contributed by atoms with van der Waals surface area (Å²) in [6.45, 7) is 0.668. The first-order valence-corrected chi connectivity index (χ1v) is 9.01. The Kier molecular flexibility index (Phi) is 4.71. The van der Waals surface area contributed by atoms with E-state index in [1.807, 2.05) is 77.4 Å². The van der Waals surface area contributed by atoms with Gasteiger partial charge in [-0.2, -0.15) is 0 Å². The lowest BCUT2D eigenvalue weighted by Gasteiger charge is -2.07. The van der Waals surface area contributed by atoms with Gasteiger partial charge in [-0.15, -0.1) is 0 Å². The van der Waals surface area contributed by atoms with Gasteiger partial charge in [0.2, 0.25) is 5.91 Å². The van der Waals surface area contributed by atoms with Crippen LogP contribution in [0.3, 0.4) is 0 Å². The van der Waals surface area contributed by atoms with Crippen molar-refractivity contribution < 1.29 is 9.59 Å². The highest BCUT2D eigenvalue weighted by molar-refractivity contribution is 6.16. The minimum Gasteiger partial charge on any atom is -0.350 e. The molecule has 4 heteroatoms. The molecule has 4 nitrogen and oxygen atoms in total. The molecule has 3 aromatic rings. The third kappa shape index (κ3) is 3.60. The zero-order valence-electron chi connectivity index (χ0n) is 14.9. The number of aromatic nitrogens is 1. The largest absolute Gasteiger partial charge is 0.350 e. The molecule has 134 valence electrons.